The fourth-order valence-electron chi connectivity index (χ4n) is 1.93. The number of nitrogens with zero attached hydrogens (tertiary/aromatic N) is 2. The molecule has 0 fully saturated rings. The van der Waals surface area contributed by atoms with E-state index < -0.39 is 5.91 Å². The summed E-state index contributed by atoms with van der Waals surface area (Å²) in [6.07, 6.45) is 2.06. The van der Waals surface area contributed by atoms with Crippen LogP contribution in [0.25, 0.3) is 0 Å². The number of rotatable bonds is 5. The second-order valence-corrected chi connectivity index (χ2v) is 4.07. The summed E-state index contributed by atoms with van der Waals surface area (Å²) in [5.41, 5.74) is 0.507. The van der Waals surface area contributed by atoms with Crippen molar-refractivity contribution < 1.29 is 19.1 Å². The van der Waals surface area contributed by atoms with Crippen molar-refractivity contribution in [2.24, 2.45) is 0 Å². The van der Waals surface area contributed by atoms with E-state index in [1.54, 1.807) is 19.1 Å². The number of fused-ring (bicyclic) bond motifs is 1. The molecule has 0 N–H and O–H groups in total. The molecule has 0 saturated heterocycles. The molecular formula is C13H14N2O4. The largest absolute Gasteiger partial charge is 0.466 e. The van der Waals surface area contributed by atoms with Crippen molar-refractivity contribution in [2.45, 2.75) is 19.8 Å². The molecule has 0 aromatic carbocycles. The third-order valence-corrected chi connectivity index (χ3v) is 2.80. The number of aromatic nitrogens is 1. The molecule has 6 heteroatoms. The second kappa shape index (κ2) is 5.60. The number of ether oxygens (including phenoxy) is 1. The summed E-state index contributed by atoms with van der Waals surface area (Å²) in [7, 11) is 0. The van der Waals surface area contributed by atoms with Crippen molar-refractivity contribution in [3.05, 3.63) is 29.6 Å². The monoisotopic (exact) mass is 262 g/mol. The van der Waals surface area contributed by atoms with Gasteiger partial charge in [0.15, 0.2) is 0 Å². The molecule has 6 nitrogen and oxygen atoms in total. The Kier molecular flexibility index (Phi) is 3.89. The van der Waals surface area contributed by atoms with Crippen LogP contribution in [0.2, 0.25) is 0 Å². The summed E-state index contributed by atoms with van der Waals surface area (Å²) in [6, 6.07) is 3.19. The first-order chi connectivity index (χ1) is 9.15. The zero-order valence-electron chi connectivity index (χ0n) is 10.6. The summed E-state index contributed by atoms with van der Waals surface area (Å²) in [6.45, 7) is 2.26. The predicted octanol–water partition coefficient (Wildman–Crippen LogP) is 1.02. The number of carbonyl (C=O) groups excluding carboxylic acids is 3. The lowest BCUT2D eigenvalue weighted by Crippen LogP contribution is -2.31. The van der Waals surface area contributed by atoms with E-state index in [2.05, 4.69) is 4.98 Å². The predicted molar refractivity (Wildman–Crippen MR) is 65.5 cm³/mol. The number of carbonyl (C=O) groups is 3. The maximum atomic E-state index is 12.0. The van der Waals surface area contributed by atoms with Crippen LogP contribution in [0.4, 0.5) is 0 Å². The highest BCUT2D eigenvalue weighted by atomic mass is 16.5. The van der Waals surface area contributed by atoms with Crippen LogP contribution in [0.3, 0.4) is 0 Å². The smallest absolute Gasteiger partial charge is 0.305 e. The van der Waals surface area contributed by atoms with Gasteiger partial charge in [0, 0.05) is 19.2 Å². The van der Waals surface area contributed by atoms with Crippen LogP contribution in [0, 0.1) is 0 Å². The summed E-state index contributed by atoms with van der Waals surface area (Å²) in [5.74, 6) is -1.07. The number of imide groups is 1. The minimum Gasteiger partial charge on any atom is -0.466 e. The van der Waals surface area contributed by atoms with Gasteiger partial charge in [-0.3, -0.25) is 24.3 Å². The Hall–Kier alpha value is -2.24. The van der Waals surface area contributed by atoms with E-state index in [1.165, 1.54) is 6.20 Å². The van der Waals surface area contributed by atoms with Gasteiger partial charge in [-0.1, -0.05) is 0 Å². The van der Waals surface area contributed by atoms with Gasteiger partial charge in [-0.2, -0.15) is 0 Å². The van der Waals surface area contributed by atoms with E-state index in [1.807, 2.05) is 0 Å². The molecule has 0 aliphatic carbocycles. The van der Waals surface area contributed by atoms with Gasteiger partial charge in [-0.25, -0.2) is 0 Å². The van der Waals surface area contributed by atoms with E-state index in [0.717, 1.165) is 4.90 Å². The highest BCUT2D eigenvalue weighted by Gasteiger charge is 2.36. The number of hydrogen-bond acceptors (Lipinski definition) is 5. The Morgan fingerprint density at radius 2 is 2.16 bits per heavy atom. The Bertz CT molecular complexity index is 492. The molecule has 100 valence electrons. The molecule has 0 bridgehead atoms. The first-order valence-corrected chi connectivity index (χ1v) is 6.12. The van der Waals surface area contributed by atoms with Crippen LogP contribution in [0.1, 0.15) is 40.6 Å². The van der Waals surface area contributed by atoms with Gasteiger partial charge in [-0.05, 0) is 25.5 Å². The summed E-state index contributed by atoms with van der Waals surface area (Å²) in [4.78, 5) is 40.1. The van der Waals surface area contributed by atoms with Gasteiger partial charge in [0.25, 0.3) is 11.8 Å². The van der Waals surface area contributed by atoms with Crippen molar-refractivity contribution >= 4 is 17.8 Å². The van der Waals surface area contributed by atoms with Crippen LogP contribution in [-0.2, 0) is 9.53 Å². The van der Waals surface area contributed by atoms with Gasteiger partial charge in [0.05, 0.1) is 12.2 Å². The molecular weight excluding hydrogens is 248 g/mol. The molecule has 0 unspecified atom stereocenters. The molecule has 1 aliphatic rings. The van der Waals surface area contributed by atoms with Crippen LogP contribution >= 0.6 is 0 Å². The number of hydrogen-bond donors (Lipinski definition) is 0. The van der Waals surface area contributed by atoms with E-state index in [0.29, 0.717) is 18.6 Å². The number of pyridine rings is 1. The van der Waals surface area contributed by atoms with Crippen LogP contribution in [0.5, 0.6) is 0 Å². The molecule has 0 saturated carbocycles. The van der Waals surface area contributed by atoms with Crippen molar-refractivity contribution in [1.29, 1.82) is 0 Å². The molecule has 1 aliphatic heterocycles. The van der Waals surface area contributed by atoms with E-state index in [9.17, 15) is 14.4 Å². The van der Waals surface area contributed by atoms with Gasteiger partial charge in [0.1, 0.15) is 5.69 Å². The topological polar surface area (TPSA) is 76.6 Å². The Morgan fingerprint density at radius 3 is 2.84 bits per heavy atom. The zero-order valence-corrected chi connectivity index (χ0v) is 10.6. The molecule has 2 amide bonds. The lowest BCUT2D eigenvalue weighted by Gasteiger charge is -2.12. The lowest BCUT2D eigenvalue weighted by atomic mass is 10.2. The SMILES string of the molecule is CCOC(=O)CCCN1C(=O)c2cccnc2C1=O. The highest BCUT2D eigenvalue weighted by molar-refractivity contribution is 6.20. The average molecular weight is 262 g/mol. The fourth-order valence-corrected chi connectivity index (χ4v) is 1.93. The molecule has 1 aromatic heterocycles. The van der Waals surface area contributed by atoms with Gasteiger partial charge < -0.3 is 4.74 Å². The van der Waals surface area contributed by atoms with Crippen molar-refractivity contribution in [3.63, 3.8) is 0 Å². The van der Waals surface area contributed by atoms with Crippen molar-refractivity contribution in [3.8, 4) is 0 Å². The molecule has 19 heavy (non-hydrogen) atoms. The fraction of sp³-hybridized carbons (Fsp3) is 0.385. The lowest BCUT2D eigenvalue weighted by molar-refractivity contribution is -0.143. The summed E-state index contributed by atoms with van der Waals surface area (Å²) in [5, 5.41) is 0. The maximum Gasteiger partial charge on any atom is 0.305 e. The minimum atomic E-state index is -0.399. The van der Waals surface area contributed by atoms with E-state index >= 15 is 0 Å². The van der Waals surface area contributed by atoms with Crippen LogP contribution < -0.4 is 0 Å². The molecule has 0 spiro atoms. The number of esters is 1. The first kappa shape index (κ1) is 13.2. The molecule has 0 radical (unpaired) electrons. The summed E-state index contributed by atoms with van der Waals surface area (Å²) >= 11 is 0. The van der Waals surface area contributed by atoms with E-state index in [-0.39, 0.29) is 30.5 Å². The van der Waals surface area contributed by atoms with Gasteiger partial charge in [0.2, 0.25) is 0 Å². The zero-order chi connectivity index (χ0) is 13.8. The Labute approximate surface area is 110 Å². The van der Waals surface area contributed by atoms with Gasteiger partial charge in [-0.15, -0.1) is 0 Å². The quantitative estimate of drug-likeness (QED) is 0.585. The maximum absolute atomic E-state index is 12.0. The third-order valence-electron chi connectivity index (χ3n) is 2.80. The van der Waals surface area contributed by atoms with Crippen LogP contribution in [0.15, 0.2) is 18.3 Å². The van der Waals surface area contributed by atoms with E-state index in [4.69, 9.17) is 4.74 Å². The minimum absolute atomic E-state index is 0.184. The standard InChI is InChI=1S/C13H14N2O4/c1-2-19-10(16)6-4-8-15-12(17)9-5-3-7-14-11(9)13(15)18/h3,5,7H,2,4,6,8H2,1H3. The Morgan fingerprint density at radius 1 is 1.37 bits per heavy atom. The van der Waals surface area contributed by atoms with Gasteiger partial charge >= 0.3 is 5.97 Å². The molecule has 2 heterocycles. The second-order valence-electron chi connectivity index (χ2n) is 4.07. The normalized spacial score (nSPS) is 13.6. The Balaban J connectivity index is 1.95. The number of amides is 2. The molecule has 2 rings (SSSR count). The third kappa shape index (κ3) is 2.62. The highest BCUT2D eigenvalue weighted by Crippen LogP contribution is 2.20. The van der Waals surface area contributed by atoms with Crippen LogP contribution in [-0.4, -0.2) is 40.8 Å². The summed E-state index contributed by atoms with van der Waals surface area (Å²) < 4.78 is 4.78. The average Bonchev–Trinajstić information content (AvgIpc) is 2.65. The molecule has 0 atom stereocenters. The first-order valence-electron chi connectivity index (χ1n) is 6.12. The van der Waals surface area contributed by atoms with Crippen molar-refractivity contribution in [1.82, 2.24) is 9.88 Å². The molecule has 1 aromatic rings. The van der Waals surface area contributed by atoms with Crippen molar-refractivity contribution in [2.75, 3.05) is 13.2 Å².